The van der Waals surface area contributed by atoms with Crippen molar-refractivity contribution in [3.05, 3.63) is 41.5 Å². The van der Waals surface area contributed by atoms with Gasteiger partial charge in [-0.25, -0.2) is 0 Å². The smallest absolute Gasteiger partial charge is 0.186 e. The van der Waals surface area contributed by atoms with Gasteiger partial charge in [-0.1, -0.05) is 36.4 Å². The van der Waals surface area contributed by atoms with E-state index in [1.54, 1.807) is 0 Å². The third-order valence-electron chi connectivity index (χ3n) is 1.69. The van der Waals surface area contributed by atoms with Gasteiger partial charge < -0.3 is 0 Å². The van der Waals surface area contributed by atoms with Crippen LogP contribution in [0.3, 0.4) is 0 Å². The number of carbonyl (C=O) groups excluding carboxylic acids is 2. The maximum atomic E-state index is 8.12. The van der Waals surface area contributed by atoms with Gasteiger partial charge in [0.1, 0.15) is 0 Å². The van der Waals surface area contributed by atoms with E-state index in [0.29, 0.717) is 0 Å². The van der Waals surface area contributed by atoms with E-state index in [2.05, 4.69) is 36.4 Å². The average Bonchev–Trinajstić information content (AvgIpc) is 2.52. The molecule has 1 aromatic carbocycles. The Morgan fingerprint density at radius 1 is 1.17 bits per heavy atom. The maximum absolute atomic E-state index is 8.12. The molecule has 0 unspecified atom stereocenters. The highest BCUT2D eigenvalue weighted by atomic mass is 16.2. The Kier molecular flexibility index (Phi) is 3.00. The summed E-state index contributed by atoms with van der Waals surface area (Å²) in [4.78, 5) is 16.2. The molecule has 0 saturated heterocycles. The predicted octanol–water partition coefficient (Wildman–Crippen LogP) is 1.67. The third-order valence-corrected chi connectivity index (χ3v) is 1.69. The van der Waals surface area contributed by atoms with E-state index in [-0.39, 0.29) is 6.15 Å². The topological polar surface area (TPSA) is 34.1 Å². The van der Waals surface area contributed by atoms with Crippen molar-refractivity contribution in [2.45, 2.75) is 6.42 Å². The fourth-order valence-electron chi connectivity index (χ4n) is 1.20. The fraction of sp³-hybridized carbons (Fsp3) is 0.100. The van der Waals surface area contributed by atoms with Gasteiger partial charge in [0.15, 0.2) is 0 Å². The second-order valence-corrected chi connectivity index (χ2v) is 2.39. The predicted molar refractivity (Wildman–Crippen MR) is 44.2 cm³/mol. The standard InChI is InChI=1S/C9H8.CO2/c1-2-5-9-7-3-6-8(9)4-1;2-1-3/h1-6H,7H2;. The Bertz CT molecular complexity index is 320. The molecule has 0 heterocycles. The van der Waals surface area contributed by atoms with Crippen molar-refractivity contribution in [1.29, 1.82) is 0 Å². The lowest BCUT2D eigenvalue weighted by atomic mass is 10.1. The van der Waals surface area contributed by atoms with Gasteiger partial charge in [-0.05, 0) is 17.5 Å². The molecule has 0 bridgehead atoms. The van der Waals surface area contributed by atoms with E-state index >= 15 is 0 Å². The van der Waals surface area contributed by atoms with Crippen LogP contribution in [0, 0.1) is 0 Å². The second-order valence-electron chi connectivity index (χ2n) is 2.39. The molecule has 0 spiro atoms. The molecule has 2 nitrogen and oxygen atoms in total. The van der Waals surface area contributed by atoms with E-state index in [1.165, 1.54) is 11.1 Å². The highest BCUT2D eigenvalue weighted by Crippen LogP contribution is 2.17. The zero-order chi connectivity index (χ0) is 8.81. The van der Waals surface area contributed by atoms with Crippen LogP contribution in [0.1, 0.15) is 11.1 Å². The van der Waals surface area contributed by atoms with E-state index < -0.39 is 0 Å². The van der Waals surface area contributed by atoms with Crippen molar-refractivity contribution in [3.63, 3.8) is 0 Å². The molecule has 0 N–H and O–H groups in total. The van der Waals surface area contributed by atoms with Gasteiger partial charge in [-0.3, -0.25) is 0 Å². The monoisotopic (exact) mass is 160 g/mol. The van der Waals surface area contributed by atoms with Crippen LogP contribution in [0.4, 0.5) is 0 Å². The Labute approximate surface area is 70.5 Å². The van der Waals surface area contributed by atoms with Crippen LogP contribution < -0.4 is 0 Å². The summed E-state index contributed by atoms with van der Waals surface area (Å²) in [6, 6.07) is 8.49. The normalized spacial score (nSPS) is 11.0. The van der Waals surface area contributed by atoms with Crippen molar-refractivity contribution in [3.8, 4) is 0 Å². The molecule has 1 aliphatic carbocycles. The van der Waals surface area contributed by atoms with Crippen LogP contribution in [-0.2, 0) is 16.0 Å². The quantitative estimate of drug-likeness (QED) is 0.578. The molecule has 12 heavy (non-hydrogen) atoms. The summed E-state index contributed by atoms with van der Waals surface area (Å²) in [6.45, 7) is 0. The minimum Gasteiger partial charge on any atom is -0.186 e. The summed E-state index contributed by atoms with van der Waals surface area (Å²) in [7, 11) is 0. The van der Waals surface area contributed by atoms with Crippen LogP contribution >= 0.6 is 0 Å². The summed E-state index contributed by atoms with van der Waals surface area (Å²) < 4.78 is 0. The number of hydrogen-bond acceptors (Lipinski definition) is 2. The first-order chi connectivity index (χ1) is 5.88. The molecule has 0 saturated carbocycles. The van der Waals surface area contributed by atoms with Gasteiger partial charge in [0.05, 0.1) is 0 Å². The number of rotatable bonds is 0. The van der Waals surface area contributed by atoms with E-state index in [4.69, 9.17) is 9.59 Å². The van der Waals surface area contributed by atoms with Crippen molar-refractivity contribution >= 4 is 12.2 Å². The van der Waals surface area contributed by atoms with E-state index in [9.17, 15) is 0 Å². The minimum atomic E-state index is 0.250. The Morgan fingerprint density at radius 2 is 1.83 bits per heavy atom. The SMILES string of the molecule is C1=Cc2ccccc2C1.O=C=O. The first kappa shape index (κ1) is 8.44. The summed E-state index contributed by atoms with van der Waals surface area (Å²) >= 11 is 0. The number of allylic oxidation sites excluding steroid dienone is 1. The zero-order valence-electron chi connectivity index (χ0n) is 6.49. The Morgan fingerprint density at radius 3 is 2.50 bits per heavy atom. The molecule has 0 amide bonds. The van der Waals surface area contributed by atoms with E-state index in [1.807, 2.05) is 0 Å². The molecule has 60 valence electrons. The summed E-state index contributed by atoms with van der Waals surface area (Å²) in [5.74, 6) is 0. The van der Waals surface area contributed by atoms with Gasteiger partial charge in [0, 0.05) is 0 Å². The maximum Gasteiger partial charge on any atom is 0.373 e. The molecule has 2 heteroatoms. The number of benzene rings is 1. The molecular formula is C10H8O2. The van der Waals surface area contributed by atoms with Crippen LogP contribution in [0.25, 0.3) is 6.08 Å². The van der Waals surface area contributed by atoms with Crippen LogP contribution in [0.2, 0.25) is 0 Å². The lowest BCUT2D eigenvalue weighted by Gasteiger charge is -1.93. The minimum absolute atomic E-state index is 0.250. The van der Waals surface area contributed by atoms with Crippen molar-refractivity contribution < 1.29 is 9.59 Å². The summed E-state index contributed by atoms with van der Waals surface area (Å²) in [5, 5.41) is 0. The van der Waals surface area contributed by atoms with Crippen LogP contribution in [0.15, 0.2) is 30.3 Å². The molecule has 0 aromatic heterocycles. The highest BCUT2D eigenvalue weighted by Gasteiger charge is 2.00. The zero-order valence-corrected chi connectivity index (χ0v) is 6.49. The van der Waals surface area contributed by atoms with Crippen LogP contribution in [-0.4, -0.2) is 6.15 Å². The van der Waals surface area contributed by atoms with Crippen molar-refractivity contribution in [1.82, 2.24) is 0 Å². The van der Waals surface area contributed by atoms with Crippen molar-refractivity contribution in [2.24, 2.45) is 0 Å². The van der Waals surface area contributed by atoms with Gasteiger partial charge in [-0.2, -0.15) is 9.59 Å². The van der Waals surface area contributed by atoms with E-state index in [0.717, 1.165) is 6.42 Å². The molecule has 1 aliphatic rings. The Hall–Kier alpha value is -1.66. The average molecular weight is 160 g/mol. The molecule has 0 aliphatic heterocycles. The molecule has 0 atom stereocenters. The lowest BCUT2D eigenvalue weighted by molar-refractivity contribution is -0.191. The van der Waals surface area contributed by atoms with Crippen molar-refractivity contribution in [2.75, 3.05) is 0 Å². The number of fused-ring (bicyclic) bond motifs is 1. The van der Waals surface area contributed by atoms with Gasteiger partial charge in [-0.15, -0.1) is 0 Å². The molecule has 0 radical (unpaired) electrons. The number of hydrogen-bond donors (Lipinski definition) is 0. The molecule has 1 aromatic rings. The Balaban J connectivity index is 0.000000213. The highest BCUT2D eigenvalue weighted by molar-refractivity contribution is 5.59. The third kappa shape index (κ3) is 1.91. The largest absolute Gasteiger partial charge is 0.373 e. The lowest BCUT2D eigenvalue weighted by Crippen LogP contribution is -1.76. The van der Waals surface area contributed by atoms with Crippen LogP contribution in [0.5, 0.6) is 0 Å². The first-order valence-electron chi connectivity index (χ1n) is 3.62. The van der Waals surface area contributed by atoms with Gasteiger partial charge in [0.2, 0.25) is 0 Å². The summed E-state index contributed by atoms with van der Waals surface area (Å²) in [5.41, 5.74) is 2.84. The molecule has 0 fully saturated rings. The molecular weight excluding hydrogens is 152 g/mol. The van der Waals surface area contributed by atoms with Gasteiger partial charge in [0.25, 0.3) is 0 Å². The first-order valence-corrected chi connectivity index (χ1v) is 3.62. The molecule has 2 rings (SSSR count). The summed E-state index contributed by atoms with van der Waals surface area (Å²) in [6.07, 6.45) is 5.75. The van der Waals surface area contributed by atoms with Gasteiger partial charge >= 0.3 is 6.15 Å². The second kappa shape index (κ2) is 4.27. The fourth-order valence-corrected chi connectivity index (χ4v) is 1.20.